The Kier molecular flexibility index (Phi) is 24.1. The number of rotatable bonds is 16. The van der Waals surface area contributed by atoms with Crippen molar-refractivity contribution in [3.05, 3.63) is 190 Å². The molecule has 12 nitrogen and oxygen atoms in total. The molecule has 4 atom stereocenters. The van der Waals surface area contributed by atoms with Gasteiger partial charge in [0.2, 0.25) is 5.78 Å². The first-order valence-corrected chi connectivity index (χ1v) is 33.5. The van der Waals surface area contributed by atoms with E-state index >= 15 is 0 Å². The molecule has 9 aliphatic heterocycles. The van der Waals surface area contributed by atoms with Gasteiger partial charge in [-0.1, -0.05) is 73.2 Å². The molecule has 5 aromatic heterocycles. The number of aromatic nitrogens is 4. The minimum Gasteiger partial charge on any atom is -0.491 e. The average Bonchev–Trinajstić information content (AvgIpc) is 3.98. The van der Waals surface area contributed by atoms with E-state index in [9.17, 15) is 14.4 Å². The van der Waals surface area contributed by atoms with Gasteiger partial charge in [-0.15, -0.1) is 11.3 Å². The number of nitrogens with one attached hydrogen (secondary N) is 2. The normalized spacial score (nSPS) is 22.7. The van der Waals surface area contributed by atoms with Crippen LogP contribution in [0.15, 0.2) is 121 Å². The molecule has 14 heterocycles. The zero-order valence-corrected chi connectivity index (χ0v) is 53.1. The number of benzene rings is 2. The van der Waals surface area contributed by atoms with Crippen LogP contribution in [0.25, 0.3) is 0 Å². The summed E-state index contributed by atoms with van der Waals surface area (Å²) in [5.74, 6) is 4.15. The van der Waals surface area contributed by atoms with Crippen LogP contribution in [0.1, 0.15) is 152 Å². The van der Waals surface area contributed by atoms with Crippen LogP contribution in [0, 0.1) is 48.0 Å². The molecule has 2 N–H and O–H groups in total. The lowest BCUT2D eigenvalue weighted by Crippen LogP contribution is -2.47. The maximum Gasteiger partial charge on any atom is 0.205 e. The summed E-state index contributed by atoms with van der Waals surface area (Å²) in [6, 6.07) is 28.1. The summed E-state index contributed by atoms with van der Waals surface area (Å²) in [6.07, 6.45) is 25.1. The number of aryl methyl sites for hydroxylation is 5. The highest BCUT2D eigenvalue weighted by atomic mass is 127. The smallest absolute Gasteiger partial charge is 0.205 e. The van der Waals surface area contributed by atoms with Crippen molar-refractivity contribution < 1.29 is 19.1 Å². The molecule has 8 saturated heterocycles. The lowest BCUT2D eigenvalue weighted by atomic mass is 9.76. The Morgan fingerprint density at radius 2 is 1.29 bits per heavy atom. The molecular formula is C70H87IN8O4S2. The van der Waals surface area contributed by atoms with Gasteiger partial charge in [0.1, 0.15) is 11.4 Å². The maximum atomic E-state index is 12.5. The molecule has 450 valence electrons. The lowest BCUT2D eigenvalue weighted by molar-refractivity contribution is 0.0438. The number of nitrogens with zero attached hydrogens (tertiary/aromatic N) is 6. The predicted octanol–water partition coefficient (Wildman–Crippen LogP) is 13.5. The van der Waals surface area contributed by atoms with Crippen molar-refractivity contribution >= 4 is 62.6 Å². The number of carbonyl (C=O) groups is 3. The van der Waals surface area contributed by atoms with E-state index in [1.165, 1.54) is 133 Å². The first-order chi connectivity index (χ1) is 40.9. The third kappa shape index (κ3) is 18.8. The Hall–Kier alpha value is -5.40. The van der Waals surface area contributed by atoms with Gasteiger partial charge in [0.15, 0.2) is 11.6 Å². The topological polar surface area (TPSA) is 143 Å². The number of fused-ring (bicyclic) bond motifs is 7. The number of Topliss-reactive ketones (excluding diaryl/α,β-unsaturated/α-hetero) is 2. The van der Waals surface area contributed by atoms with Crippen molar-refractivity contribution in [2.45, 2.75) is 130 Å². The molecule has 0 aliphatic carbocycles. The average molecular weight is 1300 g/mol. The fraction of sp³-hybridized carbons (Fsp3) is 0.471. The molecule has 7 aromatic rings. The fourth-order valence-electron chi connectivity index (χ4n) is 12.5. The SMILES string of the molecule is C.Cc1ccc(C(=O)C[C@H]2CN3CCC2CC3)cc1.Cc1ccc(Cc2nc(C)c(C(=O)c3ccsc3)s2)cc1.Ic1cncc(CC[C@@H]2CCN2)c1.O=C(C[C@H]1CN2CCC1CC2)c1cc2c(cn1)OCC2.c1cncc(CC[C@@H]2CCN2)c1. The van der Waals surface area contributed by atoms with E-state index < -0.39 is 0 Å². The molecule has 0 amide bonds. The number of halogens is 1. The van der Waals surface area contributed by atoms with Gasteiger partial charge >= 0.3 is 0 Å². The van der Waals surface area contributed by atoms with Gasteiger partial charge in [-0.3, -0.25) is 24.4 Å². The number of carbonyl (C=O) groups excluding carboxylic acids is 3. The number of hydrogen-bond donors (Lipinski definition) is 2. The largest absolute Gasteiger partial charge is 0.491 e. The Bertz CT molecular complexity index is 3210. The zero-order valence-electron chi connectivity index (χ0n) is 49.3. The van der Waals surface area contributed by atoms with Crippen LogP contribution in [-0.2, 0) is 25.7 Å². The minimum atomic E-state index is 0. The van der Waals surface area contributed by atoms with E-state index in [-0.39, 0.29) is 19.0 Å². The molecular weight excluding hydrogens is 1210 g/mol. The van der Waals surface area contributed by atoms with Crippen molar-refractivity contribution in [3.63, 3.8) is 0 Å². The van der Waals surface area contributed by atoms with Crippen molar-refractivity contribution in [2.75, 3.05) is 59.0 Å². The molecule has 15 heteroatoms. The van der Waals surface area contributed by atoms with Crippen LogP contribution in [-0.4, -0.2) is 118 Å². The second-order valence-corrected chi connectivity index (χ2v) is 27.2. The number of ketones is 3. The maximum absolute atomic E-state index is 12.5. The van der Waals surface area contributed by atoms with E-state index in [0.29, 0.717) is 36.3 Å². The Morgan fingerprint density at radius 3 is 1.85 bits per heavy atom. The molecule has 0 spiro atoms. The van der Waals surface area contributed by atoms with Crippen molar-refractivity contribution in [1.82, 2.24) is 40.4 Å². The van der Waals surface area contributed by atoms with Crippen LogP contribution < -0.4 is 15.4 Å². The third-order valence-electron chi connectivity index (χ3n) is 17.9. The lowest BCUT2D eigenvalue weighted by Gasteiger charge is -2.44. The molecule has 0 saturated carbocycles. The molecule has 9 aliphatic rings. The van der Waals surface area contributed by atoms with Gasteiger partial charge in [-0.2, -0.15) is 11.3 Å². The van der Waals surface area contributed by atoms with Gasteiger partial charge in [0.05, 0.1) is 28.4 Å². The molecule has 16 rings (SSSR count). The summed E-state index contributed by atoms with van der Waals surface area (Å²) in [5, 5.41) is 11.6. The van der Waals surface area contributed by atoms with Crippen LogP contribution >= 0.6 is 45.3 Å². The van der Waals surface area contributed by atoms with Crippen LogP contribution in [0.3, 0.4) is 0 Å². The van der Waals surface area contributed by atoms with E-state index in [1.807, 2.05) is 84.9 Å². The quantitative estimate of drug-likeness (QED) is 0.0702. The summed E-state index contributed by atoms with van der Waals surface area (Å²) < 4.78 is 6.68. The van der Waals surface area contributed by atoms with Gasteiger partial charge < -0.3 is 25.2 Å². The first kappa shape index (κ1) is 64.1. The van der Waals surface area contributed by atoms with Crippen molar-refractivity contribution in [3.8, 4) is 5.75 Å². The standard InChI is InChI=1S/C17H15NOS2.C16H20N2O2.C16H21NO.C10H13IN2.C10H14N2.CH4/c1-11-3-5-13(6-4-11)9-15-18-12(2)17(21-15)16(19)14-7-8-20-10-14;19-15(8-13-10-18-4-1-11(13)2-5-18)14-7-12-3-6-20-16(12)9-17-14;1-12-2-4-14(5-3-12)16(18)10-15-11-17-8-6-13(15)7-9-17;11-9-5-8(6-12-7-9)1-2-10-3-4-13-10;1-2-9(8-11-6-1)3-4-10-5-7-12-10;/h3-8,10H,9H2,1-2H3;7,9,11,13H,1-6,8,10H2;2-5,13,15H,6-11H2,1H3;5-7,10,13H,1-4H2;1-2,6,8,10,12H,3-5,7H2;1H4/t;13-;15-;2*10-;/m.0011./s1. The van der Waals surface area contributed by atoms with Crippen molar-refractivity contribution in [1.29, 1.82) is 0 Å². The zero-order chi connectivity index (χ0) is 58.2. The number of hydrogen-bond acceptors (Lipinski definition) is 14. The van der Waals surface area contributed by atoms with Gasteiger partial charge in [0, 0.05) is 101 Å². The second kappa shape index (κ2) is 32.0. The summed E-state index contributed by atoms with van der Waals surface area (Å²) in [7, 11) is 0. The summed E-state index contributed by atoms with van der Waals surface area (Å²) >= 11 is 5.36. The number of pyridine rings is 3. The molecule has 0 unspecified atom stereocenters. The highest BCUT2D eigenvalue weighted by molar-refractivity contribution is 14.1. The van der Waals surface area contributed by atoms with Crippen LogP contribution in [0.4, 0.5) is 0 Å². The monoisotopic (exact) mass is 1290 g/mol. The van der Waals surface area contributed by atoms with E-state index in [2.05, 4.69) is 113 Å². The highest BCUT2D eigenvalue weighted by Gasteiger charge is 2.37. The van der Waals surface area contributed by atoms with E-state index in [0.717, 1.165) is 107 Å². The fourth-order valence-corrected chi connectivity index (χ4v) is 14.7. The molecule has 4 bridgehead atoms. The molecule has 85 heavy (non-hydrogen) atoms. The Labute approximate surface area is 527 Å². The first-order valence-electron chi connectivity index (χ1n) is 30.7. The summed E-state index contributed by atoms with van der Waals surface area (Å²) in [5.41, 5.74) is 10.7. The Balaban J connectivity index is 0.000000129. The van der Waals surface area contributed by atoms with E-state index in [1.54, 1.807) is 17.5 Å². The minimum absolute atomic E-state index is 0. The highest BCUT2D eigenvalue weighted by Crippen LogP contribution is 2.37. The van der Waals surface area contributed by atoms with Gasteiger partial charge in [0.25, 0.3) is 0 Å². The molecule has 2 aromatic carbocycles. The van der Waals surface area contributed by atoms with Crippen LogP contribution in [0.2, 0.25) is 0 Å². The summed E-state index contributed by atoms with van der Waals surface area (Å²) in [6.45, 7) is 16.4. The molecule has 8 fully saturated rings. The van der Waals surface area contributed by atoms with Gasteiger partial charge in [-0.25, -0.2) is 9.97 Å². The second-order valence-electron chi connectivity index (χ2n) is 24.0. The van der Waals surface area contributed by atoms with Gasteiger partial charge in [-0.05, 0) is 217 Å². The molecule has 0 radical (unpaired) electrons. The number of thiazole rings is 1. The number of piperidine rings is 6. The number of thiophene rings is 1. The third-order valence-corrected chi connectivity index (χ3v) is 20.3. The van der Waals surface area contributed by atoms with Crippen LogP contribution in [0.5, 0.6) is 5.75 Å². The van der Waals surface area contributed by atoms with Crippen molar-refractivity contribution in [2.24, 2.45) is 23.7 Å². The number of ether oxygens (including phenoxy) is 1. The Morgan fingerprint density at radius 1 is 0.682 bits per heavy atom. The van der Waals surface area contributed by atoms with E-state index in [4.69, 9.17) is 4.74 Å². The summed E-state index contributed by atoms with van der Waals surface area (Å²) in [4.78, 5) is 60.1. The predicted molar refractivity (Wildman–Crippen MR) is 354 cm³/mol.